The van der Waals surface area contributed by atoms with E-state index < -0.39 is 0 Å². The topological polar surface area (TPSA) is 41.6 Å². The summed E-state index contributed by atoms with van der Waals surface area (Å²) in [6, 6.07) is 0. The molecule has 55 valence electrons. The van der Waals surface area contributed by atoms with Crippen LogP contribution in [0.15, 0.2) is 6.33 Å². The molecule has 0 saturated carbocycles. The highest BCUT2D eigenvalue weighted by atomic mass is 15.2. The molecule has 1 N–H and O–H groups in total. The van der Waals surface area contributed by atoms with Crippen LogP contribution in [0.4, 0.5) is 0 Å². The summed E-state index contributed by atoms with van der Waals surface area (Å²) in [5, 5.41) is 6.56. The Morgan fingerprint density at radius 1 is 1.50 bits per heavy atom. The minimum atomic E-state index is 0.980. The zero-order chi connectivity index (χ0) is 7.23. The summed E-state index contributed by atoms with van der Waals surface area (Å²) in [6.07, 6.45) is 5.86. The molecule has 0 aliphatic heterocycles. The fourth-order valence-electron chi connectivity index (χ4n) is 0.820. The molecule has 0 aromatic carbocycles. The van der Waals surface area contributed by atoms with E-state index in [1.165, 1.54) is 6.42 Å². The van der Waals surface area contributed by atoms with Gasteiger partial charge in [0.1, 0.15) is 12.2 Å². The van der Waals surface area contributed by atoms with Crippen molar-refractivity contribution in [1.82, 2.24) is 15.2 Å². The van der Waals surface area contributed by atoms with Crippen LogP contribution in [0.5, 0.6) is 0 Å². The first-order chi connectivity index (χ1) is 4.93. The molecule has 0 saturated heterocycles. The van der Waals surface area contributed by atoms with E-state index in [1.807, 2.05) is 0 Å². The number of hydrogen-bond donors (Lipinski definition) is 1. The third-order valence-corrected chi connectivity index (χ3v) is 1.38. The second-order valence-electron chi connectivity index (χ2n) is 2.24. The molecular formula is C7H12N3. The molecule has 1 rings (SSSR count). The van der Waals surface area contributed by atoms with Crippen LogP contribution in [0.25, 0.3) is 0 Å². The van der Waals surface area contributed by atoms with Crippen LogP contribution in [0, 0.1) is 6.92 Å². The van der Waals surface area contributed by atoms with Gasteiger partial charge in [-0.1, -0.05) is 19.8 Å². The first-order valence-corrected chi connectivity index (χ1v) is 3.57. The van der Waals surface area contributed by atoms with Crippen molar-refractivity contribution in [3.05, 3.63) is 19.1 Å². The van der Waals surface area contributed by atoms with Gasteiger partial charge in [-0.25, -0.2) is 4.98 Å². The number of aromatic nitrogens is 3. The maximum absolute atomic E-state index is 4.00. The predicted octanol–water partition coefficient (Wildman–Crippen LogP) is 1.35. The van der Waals surface area contributed by atoms with Gasteiger partial charge < -0.3 is 0 Å². The van der Waals surface area contributed by atoms with Crippen molar-refractivity contribution < 1.29 is 0 Å². The SMILES string of the molecule is [CH2]CCCCc1ncn[nH]1. The van der Waals surface area contributed by atoms with Crippen LogP contribution in [0.1, 0.15) is 25.1 Å². The molecule has 0 unspecified atom stereocenters. The molecule has 0 aliphatic carbocycles. The Hall–Kier alpha value is -0.860. The number of aryl methyl sites for hydroxylation is 1. The molecular weight excluding hydrogens is 126 g/mol. The second-order valence-corrected chi connectivity index (χ2v) is 2.24. The van der Waals surface area contributed by atoms with E-state index in [-0.39, 0.29) is 0 Å². The van der Waals surface area contributed by atoms with Crippen LogP contribution in [-0.4, -0.2) is 15.2 Å². The average molecular weight is 138 g/mol. The molecule has 0 atom stereocenters. The molecule has 10 heavy (non-hydrogen) atoms. The van der Waals surface area contributed by atoms with Gasteiger partial charge in [0.05, 0.1) is 0 Å². The van der Waals surface area contributed by atoms with Crippen LogP contribution in [0.2, 0.25) is 0 Å². The standard InChI is InChI=1S/C7H12N3/c1-2-3-4-5-7-8-6-9-10-7/h6H,1-5H2,(H,8,9,10). The van der Waals surface area contributed by atoms with E-state index in [2.05, 4.69) is 22.1 Å². The Balaban J connectivity index is 2.15. The van der Waals surface area contributed by atoms with Crippen molar-refractivity contribution in [3.63, 3.8) is 0 Å². The summed E-state index contributed by atoms with van der Waals surface area (Å²) < 4.78 is 0. The zero-order valence-electron chi connectivity index (χ0n) is 6.01. The van der Waals surface area contributed by atoms with Crippen molar-refractivity contribution >= 4 is 0 Å². The Kier molecular flexibility index (Phi) is 2.93. The first-order valence-electron chi connectivity index (χ1n) is 3.57. The number of H-pyrrole nitrogens is 1. The van der Waals surface area contributed by atoms with Crippen molar-refractivity contribution in [2.24, 2.45) is 0 Å². The van der Waals surface area contributed by atoms with Crippen LogP contribution in [-0.2, 0) is 6.42 Å². The van der Waals surface area contributed by atoms with Crippen LogP contribution >= 0.6 is 0 Å². The van der Waals surface area contributed by atoms with Gasteiger partial charge >= 0.3 is 0 Å². The number of rotatable bonds is 4. The largest absolute Gasteiger partial charge is 0.263 e. The maximum Gasteiger partial charge on any atom is 0.137 e. The minimum Gasteiger partial charge on any atom is -0.263 e. The summed E-state index contributed by atoms with van der Waals surface area (Å²) in [7, 11) is 0. The summed E-state index contributed by atoms with van der Waals surface area (Å²) in [5.74, 6) is 0.980. The third-order valence-electron chi connectivity index (χ3n) is 1.38. The smallest absolute Gasteiger partial charge is 0.137 e. The third kappa shape index (κ3) is 2.17. The quantitative estimate of drug-likeness (QED) is 0.638. The number of nitrogens with zero attached hydrogens (tertiary/aromatic N) is 2. The number of aromatic amines is 1. The Morgan fingerprint density at radius 3 is 3.00 bits per heavy atom. The lowest BCUT2D eigenvalue weighted by atomic mass is 10.2. The molecule has 0 fully saturated rings. The fraction of sp³-hybridized carbons (Fsp3) is 0.571. The monoisotopic (exact) mass is 138 g/mol. The molecule has 3 heteroatoms. The van der Waals surface area contributed by atoms with E-state index in [0.29, 0.717) is 0 Å². The lowest BCUT2D eigenvalue weighted by Gasteiger charge is -1.92. The van der Waals surface area contributed by atoms with Crippen LogP contribution in [0.3, 0.4) is 0 Å². The number of hydrogen-bond acceptors (Lipinski definition) is 2. The summed E-state index contributed by atoms with van der Waals surface area (Å²) >= 11 is 0. The Labute approximate surface area is 60.9 Å². The molecule has 3 nitrogen and oxygen atoms in total. The normalized spacial score (nSPS) is 10.1. The first kappa shape index (κ1) is 7.25. The van der Waals surface area contributed by atoms with E-state index >= 15 is 0 Å². The lowest BCUT2D eigenvalue weighted by Crippen LogP contribution is -1.87. The molecule has 0 bridgehead atoms. The minimum absolute atomic E-state index is 0.980. The van der Waals surface area contributed by atoms with Crippen molar-refractivity contribution in [1.29, 1.82) is 0 Å². The van der Waals surface area contributed by atoms with Gasteiger partial charge in [-0.15, -0.1) is 0 Å². The molecule has 1 heterocycles. The van der Waals surface area contributed by atoms with Gasteiger partial charge in [0, 0.05) is 6.42 Å². The average Bonchev–Trinajstić information content (AvgIpc) is 2.41. The van der Waals surface area contributed by atoms with Gasteiger partial charge in [-0.3, -0.25) is 5.10 Å². The molecule has 1 aromatic rings. The summed E-state index contributed by atoms with van der Waals surface area (Å²) in [6.45, 7) is 3.76. The lowest BCUT2D eigenvalue weighted by molar-refractivity contribution is 0.718. The molecule has 1 aromatic heterocycles. The summed E-state index contributed by atoms with van der Waals surface area (Å²) in [4.78, 5) is 4.00. The van der Waals surface area contributed by atoms with Gasteiger partial charge in [-0.2, -0.15) is 5.10 Å². The highest BCUT2D eigenvalue weighted by molar-refractivity contribution is 4.79. The van der Waals surface area contributed by atoms with Gasteiger partial charge in [-0.05, 0) is 6.42 Å². The second kappa shape index (κ2) is 4.04. The highest BCUT2D eigenvalue weighted by Gasteiger charge is 1.92. The number of unbranched alkanes of at least 4 members (excludes halogenated alkanes) is 2. The highest BCUT2D eigenvalue weighted by Crippen LogP contribution is 1.98. The fourth-order valence-corrected chi connectivity index (χ4v) is 0.820. The van der Waals surface area contributed by atoms with Gasteiger partial charge in [0.15, 0.2) is 0 Å². The van der Waals surface area contributed by atoms with E-state index in [1.54, 1.807) is 6.33 Å². The number of nitrogens with one attached hydrogen (secondary N) is 1. The Bertz CT molecular complexity index is 157. The van der Waals surface area contributed by atoms with Crippen molar-refractivity contribution in [2.45, 2.75) is 25.7 Å². The van der Waals surface area contributed by atoms with Crippen molar-refractivity contribution in [3.8, 4) is 0 Å². The van der Waals surface area contributed by atoms with Gasteiger partial charge in [0.25, 0.3) is 0 Å². The van der Waals surface area contributed by atoms with E-state index in [9.17, 15) is 0 Å². The molecule has 0 spiro atoms. The summed E-state index contributed by atoms with van der Waals surface area (Å²) in [5.41, 5.74) is 0. The van der Waals surface area contributed by atoms with Gasteiger partial charge in [0.2, 0.25) is 0 Å². The van der Waals surface area contributed by atoms with E-state index in [0.717, 1.165) is 25.1 Å². The maximum atomic E-state index is 4.00. The predicted molar refractivity (Wildman–Crippen MR) is 39.3 cm³/mol. The molecule has 0 amide bonds. The van der Waals surface area contributed by atoms with Crippen molar-refractivity contribution in [2.75, 3.05) is 0 Å². The van der Waals surface area contributed by atoms with Crippen LogP contribution < -0.4 is 0 Å². The zero-order valence-corrected chi connectivity index (χ0v) is 6.01. The molecule has 0 aliphatic rings. The Morgan fingerprint density at radius 2 is 2.40 bits per heavy atom. The molecule has 1 radical (unpaired) electrons. The van der Waals surface area contributed by atoms with E-state index in [4.69, 9.17) is 0 Å².